The van der Waals surface area contributed by atoms with Crippen molar-refractivity contribution in [3.63, 3.8) is 0 Å². The normalized spacial score (nSPS) is 11.3. The maximum Gasteiger partial charge on any atom is 0.419 e. The molecule has 1 N–H and O–H groups in total. The van der Waals surface area contributed by atoms with Crippen molar-refractivity contribution in [1.82, 2.24) is 4.98 Å². The van der Waals surface area contributed by atoms with Crippen molar-refractivity contribution < 1.29 is 22.4 Å². The number of alkyl halides is 3. The zero-order chi connectivity index (χ0) is 15.6. The molecule has 0 saturated heterocycles. The van der Waals surface area contributed by atoms with E-state index in [1.165, 1.54) is 6.20 Å². The lowest BCUT2D eigenvalue weighted by molar-refractivity contribution is -0.140. The van der Waals surface area contributed by atoms with Gasteiger partial charge in [0, 0.05) is 6.20 Å². The summed E-state index contributed by atoms with van der Waals surface area (Å²) in [6.45, 7) is 1.66. The van der Waals surface area contributed by atoms with E-state index in [1.54, 1.807) is 19.1 Å². The highest BCUT2D eigenvalue weighted by Crippen LogP contribution is 2.32. The predicted octanol–water partition coefficient (Wildman–Crippen LogP) is 3.80. The summed E-state index contributed by atoms with van der Waals surface area (Å²) in [5.74, 6) is -2.42. The number of carbonyl (C=O) groups is 1. The Labute approximate surface area is 117 Å². The minimum absolute atomic E-state index is 0.166. The second-order valence-electron chi connectivity index (χ2n) is 4.29. The minimum Gasteiger partial charge on any atom is -0.306 e. The topological polar surface area (TPSA) is 42.0 Å². The van der Waals surface area contributed by atoms with E-state index in [2.05, 4.69) is 10.3 Å². The maximum atomic E-state index is 13.8. The van der Waals surface area contributed by atoms with Crippen LogP contribution in [0.25, 0.3) is 0 Å². The number of benzene rings is 1. The smallest absolute Gasteiger partial charge is 0.306 e. The maximum absolute atomic E-state index is 13.8. The zero-order valence-corrected chi connectivity index (χ0v) is 10.8. The molecule has 0 fully saturated rings. The Balaban J connectivity index is 2.35. The number of carbonyl (C=O) groups excluding carboxylic acids is 1. The summed E-state index contributed by atoms with van der Waals surface area (Å²) in [5, 5.41) is 2.29. The van der Waals surface area contributed by atoms with Crippen molar-refractivity contribution in [3.8, 4) is 0 Å². The van der Waals surface area contributed by atoms with Gasteiger partial charge in [-0.15, -0.1) is 0 Å². The Bertz CT molecular complexity index is 683. The van der Waals surface area contributed by atoms with E-state index in [0.717, 1.165) is 12.1 Å². The Hall–Kier alpha value is -2.44. The molecule has 2 rings (SSSR count). The van der Waals surface area contributed by atoms with E-state index in [-0.39, 0.29) is 5.82 Å². The van der Waals surface area contributed by atoms with E-state index in [4.69, 9.17) is 0 Å². The summed E-state index contributed by atoms with van der Waals surface area (Å²) >= 11 is 0. The number of amides is 1. The van der Waals surface area contributed by atoms with Gasteiger partial charge in [-0.1, -0.05) is 12.1 Å². The van der Waals surface area contributed by atoms with Crippen molar-refractivity contribution in [2.75, 3.05) is 5.32 Å². The van der Waals surface area contributed by atoms with E-state index >= 15 is 0 Å². The average Bonchev–Trinajstić information content (AvgIpc) is 2.40. The van der Waals surface area contributed by atoms with Gasteiger partial charge in [0.2, 0.25) is 0 Å². The van der Waals surface area contributed by atoms with E-state index < -0.39 is 29.0 Å². The lowest BCUT2D eigenvalue weighted by Crippen LogP contribution is -2.18. The summed E-state index contributed by atoms with van der Waals surface area (Å²) in [7, 11) is 0. The van der Waals surface area contributed by atoms with Crippen LogP contribution < -0.4 is 5.32 Å². The van der Waals surface area contributed by atoms with Crippen molar-refractivity contribution in [1.29, 1.82) is 0 Å². The lowest BCUT2D eigenvalue weighted by atomic mass is 10.1. The number of aromatic nitrogens is 1. The van der Waals surface area contributed by atoms with E-state index in [0.29, 0.717) is 11.6 Å². The first-order valence-corrected chi connectivity index (χ1v) is 5.89. The molecule has 110 valence electrons. The van der Waals surface area contributed by atoms with Gasteiger partial charge in [0.1, 0.15) is 11.6 Å². The van der Waals surface area contributed by atoms with Gasteiger partial charge in [-0.2, -0.15) is 13.2 Å². The van der Waals surface area contributed by atoms with Crippen LogP contribution in [0.15, 0.2) is 36.5 Å². The Morgan fingerprint density at radius 1 is 1.19 bits per heavy atom. The number of anilines is 1. The fraction of sp³-hybridized carbons (Fsp3) is 0.143. The standard InChI is InChI=1S/C14H10F4N2O/c1-8-4-3-7-19-12(8)20-13(21)9-5-2-6-10(11(9)15)14(16,17)18/h2-7H,1H3,(H,19,20,21). The Morgan fingerprint density at radius 3 is 2.52 bits per heavy atom. The van der Waals surface area contributed by atoms with Crippen LogP contribution in [0, 0.1) is 12.7 Å². The van der Waals surface area contributed by atoms with Gasteiger partial charge in [0.25, 0.3) is 5.91 Å². The molecule has 0 aliphatic carbocycles. The molecule has 21 heavy (non-hydrogen) atoms. The highest BCUT2D eigenvalue weighted by molar-refractivity contribution is 6.04. The summed E-state index contributed by atoms with van der Waals surface area (Å²) in [4.78, 5) is 15.8. The molecule has 0 unspecified atom stereocenters. The number of hydrogen-bond acceptors (Lipinski definition) is 2. The first kappa shape index (κ1) is 15.0. The second-order valence-corrected chi connectivity index (χ2v) is 4.29. The molecule has 1 aromatic heterocycles. The van der Waals surface area contributed by atoms with Gasteiger partial charge in [-0.25, -0.2) is 9.37 Å². The predicted molar refractivity (Wildman–Crippen MR) is 68.3 cm³/mol. The fourth-order valence-electron chi connectivity index (χ4n) is 1.72. The van der Waals surface area contributed by atoms with E-state index in [1.807, 2.05) is 0 Å². The van der Waals surface area contributed by atoms with Crippen LogP contribution in [0.3, 0.4) is 0 Å². The number of aryl methyl sites for hydroxylation is 1. The largest absolute Gasteiger partial charge is 0.419 e. The molecule has 1 heterocycles. The summed E-state index contributed by atoms with van der Waals surface area (Å²) in [6, 6.07) is 5.84. The molecule has 3 nitrogen and oxygen atoms in total. The Morgan fingerprint density at radius 2 is 1.90 bits per heavy atom. The average molecular weight is 298 g/mol. The van der Waals surface area contributed by atoms with Gasteiger partial charge in [0.05, 0.1) is 11.1 Å². The van der Waals surface area contributed by atoms with Crippen LogP contribution in [-0.4, -0.2) is 10.9 Å². The van der Waals surface area contributed by atoms with Crippen LogP contribution in [0.1, 0.15) is 21.5 Å². The summed E-state index contributed by atoms with van der Waals surface area (Å²) in [5.41, 5.74) is -1.55. The number of hydrogen-bond donors (Lipinski definition) is 1. The molecule has 0 atom stereocenters. The van der Waals surface area contributed by atoms with Gasteiger partial charge in [-0.05, 0) is 30.7 Å². The van der Waals surface area contributed by atoms with Crippen LogP contribution in [0.4, 0.5) is 23.4 Å². The SMILES string of the molecule is Cc1cccnc1NC(=O)c1cccc(C(F)(F)F)c1F. The van der Waals surface area contributed by atoms with Crippen LogP contribution in [0.5, 0.6) is 0 Å². The second kappa shape index (κ2) is 5.51. The summed E-state index contributed by atoms with van der Waals surface area (Å²) < 4.78 is 51.6. The van der Waals surface area contributed by atoms with Gasteiger partial charge < -0.3 is 5.32 Å². The van der Waals surface area contributed by atoms with Crippen molar-refractivity contribution in [3.05, 3.63) is 59.0 Å². The lowest BCUT2D eigenvalue weighted by Gasteiger charge is -2.11. The van der Waals surface area contributed by atoms with Crippen LogP contribution in [-0.2, 0) is 6.18 Å². The number of rotatable bonds is 2. The molecule has 7 heteroatoms. The number of pyridine rings is 1. The molecule has 0 bridgehead atoms. The molecule has 1 amide bonds. The molecule has 0 aliphatic heterocycles. The quantitative estimate of drug-likeness (QED) is 0.857. The zero-order valence-electron chi connectivity index (χ0n) is 10.8. The van der Waals surface area contributed by atoms with Gasteiger partial charge >= 0.3 is 6.18 Å². The third-order valence-electron chi connectivity index (χ3n) is 2.79. The van der Waals surface area contributed by atoms with Crippen molar-refractivity contribution in [2.45, 2.75) is 13.1 Å². The molecular formula is C14H10F4N2O. The van der Waals surface area contributed by atoms with Crippen LogP contribution in [0.2, 0.25) is 0 Å². The van der Waals surface area contributed by atoms with Gasteiger partial charge in [-0.3, -0.25) is 4.79 Å². The molecule has 0 saturated carbocycles. The van der Waals surface area contributed by atoms with Crippen LogP contribution >= 0.6 is 0 Å². The highest BCUT2D eigenvalue weighted by atomic mass is 19.4. The number of nitrogens with zero attached hydrogens (tertiary/aromatic N) is 1. The Kier molecular flexibility index (Phi) is 3.93. The molecule has 1 aromatic carbocycles. The third kappa shape index (κ3) is 3.18. The highest BCUT2D eigenvalue weighted by Gasteiger charge is 2.35. The fourth-order valence-corrected chi connectivity index (χ4v) is 1.72. The van der Waals surface area contributed by atoms with Crippen molar-refractivity contribution in [2.24, 2.45) is 0 Å². The number of nitrogens with one attached hydrogen (secondary N) is 1. The van der Waals surface area contributed by atoms with Gasteiger partial charge in [0.15, 0.2) is 0 Å². The van der Waals surface area contributed by atoms with Crippen molar-refractivity contribution >= 4 is 11.7 Å². The molecule has 0 aliphatic rings. The first-order valence-electron chi connectivity index (χ1n) is 5.89. The molecule has 2 aromatic rings. The first-order chi connectivity index (χ1) is 9.80. The molecular weight excluding hydrogens is 288 g/mol. The number of halogens is 4. The molecule has 0 radical (unpaired) electrons. The third-order valence-corrected chi connectivity index (χ3v) is 2.79. The minimum atomic E-state index is -4.86. The summed E-state index contributed by atoms with van der Waals surface area (Å²) in [6.07, 6.45) is -3.45. The monoisotopic (exact) mass is 298 g/mol. The molecule has 0 spiro atoms. The van der Waals surface area contributed by atoms with E-state index in [9.17, 15) is 22.4 Å².